The molecule has 0 radical (unpaired) electrons. The Morgan fingerprint density at radius 2 is 1.82 bits per heavy atom. The van der Waals surface area contributed by atoms with Crippen molar-refractivity contribution in [3.05, 3.63) is 54.1 Å². The minimum atomic E-state index is -3.59. The van der Waals surface area contributed by atoms with E-state index in [1.165, 1.54) is 24.1 Å². The van der Waals surface area contributed by atoms with Crippen molar-refractivity contribution < 1.29 is 27.5 Å². The summed E-state index contributed by atoms with van der Waals surface area (Å²) in [6, 6.07) is 13.3. The molecule has 0 N–H and O–H groups in total. The summed E-state index contributed by atoms with van der Waals surface area (Å²) in [4.78, 5) is 26.3. The summed E-state index contributed by atoms with van der Waals surface area (Å²) in [5.41, 5.74) is 1.45. The van der Waals surface area contributed by atoms with Crippen LogP contribution in [0.1, 0.15) is 12.0 Å². The average molecular weight is 403 g/mol. The summed E-state index contributed by atoms with van der Waals surface area (Å²) in [6.45, 7) is 1.83. The number of benzene rings is 2. The van der Waals surface area contributed by atoms with E-state index in [-0.39, 0.29) is 23.6 Å². The number of sulfone groups is 1. The Kier molecular flexibility index (Phi) is 5.69. The van der Waals surface area contributed by atoms with Crippen LogP contribution in [-0.4, -0.2) is 45.8 Å². The van der Waals surface area contributed by atoms with Gasteiger partial charge in [-0.15, -0.1) is 0 Å². The van der Waals surface area contributed by atoms with Crippen molar-refractivity contribution in [1.82, 2.24) is 0 Å². The van der Waals surface area contributed by atoms with Gasteiger partial charge in [-0.2, -0.15) is 0 Å². The minimum Gasteiger partial charge on any atom is -0.475 e. The van der Waals surface area contributed by atoms with E-state index in [1.807, 2.05) is 6.92 Å². The van der Waals surface area contributed by atoms with Crippen molar-refractivity contribution in [2.45, 2.75) is 24.3 Å². The lowest BCUT2D eigenvalue weighted by Crippen LogP contribution is -2.47. The van der Waals surface area contributed by atoms with Crippen LogP contribution in [-0.2, 0) is 24.2 Å². The molecule has 28 heavy (non-hydrogen) atoms. The third kappa shape index (κ3) is 4.17. The van der Waals surface area contributed by atoms with Gasteiger partial charge in [-0.1, -0.05) is 29.8 Å². The highest BCUT2D eigenvalue weighted by Gasteiger charge is 2.34. The second kappa shape index (κ2) is 8.02. The molecule has 0 saturated carbocycles. The molecule has 3 rings (SSSR count). The molecule has 2 aromatic carbocycles. The Labute approximate surface area is 163 Å². The Bertz CT molecular complexity index is 984. The summed E-state index contributed by atoms with van der Waals surface area (Å²) in [7, 11) is -2.35. The Hall–Kier alpha value is -2.87. The third-order valence-electron chi connectivity index (χ3n) is 4.50. The summed E-state index contributed by atoms with van der Waals surface area (Å²) in [6.07, 6.45) is -1.17. The van der Waals surface area contributed by atoms with Crippen LogP contribution in [0.2, 0.25) is 0 Å². The molecule has 7 nitrogen and oxygen atoms in total. The monoisotopic (exact) mass is 403 g/mol. The standard InChI is InChI=1S/C20H21NO6S/c1-14-7-9-15(10-8-14)28(24,25)12-11-19(22)21-13-18(20(23)26-2)27-17-6-4-3-5-16(17)21/h3-10,18H,11-13H2,1-2H3/t18-/m0/s1. The van der Waals surface area contributed by atoms with Gasteiger partial charge in [0.2, 0.25) is 12.0 Å². The molecule has 0 saturated heterocycles. The van der Waals surface area contributed by atoms with Crippen molar-refractivity contribution in [1.29, 1.82) is 0 Å². The molecule has 0 fully saturated rings. The molecule has 1 atom stereocenters. The fourth-order valence-corrected chi connectivity index (χ4v) is 4.17. The van der Waals surface area contributed by atoms with Gasteiger partial charge in [0.05, 0.1) is 30.0 Å². The number of aryl methyl sites for hydroxylation is 1. The number of fused-ring (bicyclic) bond motifs is 1. The summed E-state index contributed by atoms with van der Waals surface area (Å²) in [5, 5.41) is 0. The fourth-order valence-electron chi connectivity index (χ4n) is 2.94. The zero-order chi connectivity index (χ0) is 20.3. The lowest BCUT2D eigenvalue weighted by atomic mass is 10.1. The molecule has 0 unspecified atom stereocenters. The second-order valence-electron chi connectivity index (χ2n) is 6.48. The summed E-state index contributed by atoms with van der Waals surface area (Å²) in [5.74, 6) is -0.948. The van der Waals surface area contributed by atoms with Crippen LogP contribution in [0, 0.1) is 6.92 Å². The van der Waals surface area contributed by atoms with Crippen molar-refractivity contribution >= 4 is 27.4 Å². The van der Waals surface area contributed by atoms with E-state index in [9.17, 15) is 18.0 Å². The maximum atomic E-state index is 12.8. The first-order valence-corrected chi connectivity index (χ1v) is 10.4. The van der Waals surface area contributed by atoms with Crippen molar-refractivity contribution in [2.75, 3.05) is 24.3 Å². The van der Waals surface area contributed by atoms with Crippen LogP contribution < -0.4 is 9.64 Å². The van der Waals surface area contributed by atoms with Crippen molar-refractivity contribution in [3.63, 3.8) is 0 Å². The SMILES string of the molecule is COC(=O)[C@@H]1CN(C(=O)CCS(=O)(=O)c2ccc(C)cc2)c2ccccc2O1. The second-order valence-corrected chi connectivity index (χ2v) is 8.59. The predicted octanol–water partition coefficient (Wildman–Crippen LogP) is 2.13. The molecule has 0 bridgehead atoms. The van der Waals surface area contributed by atoms with Gasteiger partial charge in [0.25, 0.3) is 0 Å². The van der Waals surface area contributed by atoms with E-state index < -0.39 is 27.8 Å². The van der Waals surface area contributed by atoms with Crippen molar-refractivity contribution in [3.8, 4) is 5.75 Å². The van der Waals surface area contributed by atoms with Gasteiger partial charge in [-0.25, -0.2) is 13.2 Å². The largest absolute Gasteiger partial charge is 0.475 e. The van der Waals surface area contributed by atoms with Gasteiger partial charge >= 0.3 is 5.97 Å². The van der Waals surface area contributed by atoms with E-state index in [0.29, 0.717) is 11.4 Å². The molecule has 0 aromatic heterocycles. The number of carbonyl (C=O) groups excluding carboxylic acids is 2. The fraction of sp³-hybridized carbons (Fsp3) is 0.300. The van der Waals surface area contributed by atoms with E-state index >= 15 is 0 Å². The maximum Gasteiger partial charge on any atom is 0.348 e. The van der Waals surface area contributed by atoms with Gasteiger partial charge in [0.15, 0.2) is 9.84 Å². The first-order valence-electron chi connectivity index (χ1n) is 8.75. The normalized spacial score (nSPS) is 16.1. The predicted molar refractivity (Wildman–Crippen MR) is 103 cm³/mol. The Balaban J connectivity index is 1.77. The number of nitrogens with zero attached hydrogens (tertiary/aromatic N) is 1. The molecular formula is C20H21NO6S. The van der Waals surface area contributed by atoms with Crippen LogP contribution in [0.15, 0.2) is 53.4 Å². The van der Waals surface area contributed by atoms with Gasteiger partial charge in [0, 0.05) is 6.42 Å². The van der Waals surface area contributed by atoms with Gasteiger partial charge in [0.1, 0.15) is 5.75 Å². The molecule has 148 valence electrons. The molecule has 1 aliphatic heterocycles. The molecule has 0 aliphatic carbocycles. The number of ether oxygens (including phenoxy) is 2. The van der Waals surface area contributed by atoms with E-state index in [1.54, 1.807) is 36.4 Å². The smallest absolute Gasteiger partial charge is 0.348 e. The molecular weight excluding hydrogens is 382 g/mol. The van der Waals surface area contributed by atoms with Crippen LogP contribution in [0.4, 0.5) is 5.69 Å². The molecule has 1 heterocycles. The highest BCUT2D eigenvalue weighted by atomic mass is 32.2. The van der Waals surface area contributed by atoms with Gasteiger partial charge in [-0.3, -0.25) is 4.79 Å². The summed E-state index contributed by atoms with van der Waals surface area (Å²) >= 11 is 0. The molecule has 1 aliphatic rings. The molecule has 1 amide bonds. The minimum absolute atomic E-state index is 0.0346. The Morgan fingerprint density at radius 1 is 1.14 bits per heavy atom. The zero-order valence-electron chi connectivity index (χ0n) is 15.6. The average Bonchev–Trinajstić information content (AvgIpc) is 2.71. The third-order valence-corrected chi connectivity index (χ3v) is 6.24. The lowest BCUT2D eigenvalue weighted by Gasteiger charge is -2.33. The first-order chi connectivity index (χ1) is 13.3. The number of anilines is 1. The van der Waals surface area contributed by atoms with Gasteiger partial charge in [-0.05, 0) is 31.2 Å². The van der Waals surface area contributed by atoms with Crippen LogP contribution in [0.25, 0.3) is 0 Å². The molecule has 0 spiro atoms. The number of hydrogen-bond donors (Lipinski definition) is 0. The highest BCUT2D eigenvalue weighted by molar-refractivity contribution is 7.91. The quantitative estimate of drug-likeness (QED) is 0.711. The number of carbonyl (C=O) groups is 2. The zero-order valence-corrected chi connectivity index (χ0v) is 16.4. The Morgan fingerprint density at radius 3 is 2.50 bits per heavy atom. The lowest BCUT2D eigenvalue weighted by molar-refractivity contribution is -0.148. The number of rotatable bonds is 5. The van der Waals surface area contributed by atoms with Crippen LogP contribution in [0.5, 0.6) is 5.75 Å². The van der Waals surface area contributed by atoms with Crippen LogP contribution in [0.3, 0.4) is 0 Å². The van der Waals surface area contributed by atoms with Crippen LogP contribution >= 0.6 is 0 Å². The van der Waals surface area contributed by atoms with E-state index in [2.05, 4.69) is 0 Å². The van der Waals surface area contributed by atoms with E-state index in [0.717, 1.165) is 5.56 Å². The van der Waals surface area contributed by atoms with Crippen molar-refractivity contribution in [2.24, 2.45) is 0 Å². The number of para-hydroxylation sites is 2. The number of hydrogen-bond acceptors (Lipinski definition) is 6. The summed E-state index contributed by atoms with van der Waals surface area (Å²) < 4.78 is 35.4. The number of amides is 1. The van der Waals surface area contributed by atoms with Gasteiger partial charge < -0.3 is 14.4 Å². The van der Waals surface area contributed by atoms with E-state index in [4.69, 9.17) is 9.47 Å². The first kappa shape index (κ1) is 19.9. The number of methoxy groups -OCH3 is 1. The number of esters is 1. The topological polar surface area (TPSA) is 90.0 Å². The molecule has 2 aromatic rings. The molecule has 8 heteroatoms. The maximum absolute atomic E-state index is 12.8. The highest BCUT2D eigenvalue weighted by Crippen LogP contribution is 2.33.